The molecule has 0 aromatic heterocycles. The minimum absolute atomic E-state index is 0.252. The lowest BCUT2D eigenvalue weighted by atomic mass is 10.0. The van der Waals surface area contributed by atoms with Crippen molar-refractivity contribution in [1.29, 1.82) is 0 Å². The maximum Gasteiger partial charge on any atom is 0.408 e. The molecule has 1 N–H and O–H groups in total. The molecule has 0 unspecified atom stereocenters. The van der Waals surface area contributed by atoms with Crippen molar-refractivity contribution in [2.45, 2.75) is 45.8 Å². The normalized spacial score (nSPS) is 11.8. The molecule has 1 aromatic rings. The summed E-state index contributed by atoms with van der Waals surface area (Å²) in [5, 5.41) is 2.73. The number of rotatable bonds is 4. The van der Waals surface area contributed by atoms with Crippen LogP contribution in [0.3, 0.4) is 0 Å². The smallest absolute Gasteiger partial charge is 0.408 e. The zero-order valence-electron chi connectivity index (χ0n) is 14.6. The number of ether oxygens (including phenoxy) is 1. The summed E-state index contributed by atoms with van der Waals surface area (Å²) in [7, 11) is 1.60. The van der Waals surface area contributed by atoms with E-state index in [9.17, 15) is 14.0 Å². The average Bonchev–Trinajstić information content (AvgIpc) is 2.33. The lowest BCUT2D eigenvalue weighted by Crippen LogP contribution is -2.52. The van der Waals surface area contributed by atoms with Crippen LogP contribution in [0.5, 0.6) is 0 Å². The number of carbonyl (C=O) groups excluding carboxylic acids is 2. The molecule has 0 fully saturated rings. The van der Waals surface area contributed by atoms with Gasteiger partial charge in [0.25, 0.3) is 5.91 Å². The molecule has 0 aliphatic carbocycles. The Morgan fingerprint density at radius 3 is 2.35 bits per heavy atom. The molecule has 6 heteroatoms. The van der Waals surface area contributed by atoms with Crippen LogP contribution in [0.15, 0.2) is 24.3 Å². The molecule has 0 heterocycles. The van der Waals surface area contributed by atoms with Crippen LogP contribution in [-0.2, 0) is 4.74 Å². The number of likely N-dealkylation sites (N-methyl/N-ethyl adjacent to an activating group) is 1. The number of benzene rings is 1. The van der Waals surface area contributed by atoms with E-state index in [1.165, 1.54) is 23.1 Å². The van der Waals surface area contributed by atoms with Crippen LogP contribution >= 0.6 is 0 Å². The van der Waals surface area contributed by atoms with E-state index in [0.717, 1.165) is 0 Å². The monoisotopic (exact) mass is 324 g/mol. The molecule has 0 spiro atoms. The van der Waals surface area contributed by atoms with Crippen LogP contribution in [0, 0.1) is 5.82 Å². The first kappa shape index (κ1) is 18.9. The average molecular weight is 324 g/mol. The molecular weight excluding hydrogens is 299 g/mol. The van der Waals surface area contributed by atoms with Crippen LogP contribution in [-0.4, -0.2) is 41.6 Å². The molecule has 0 saturated heterocycles. The van der Waals surface area contributed by atoms with E-state index in [0.29, 0.717) is 0 Å². The Morgan fingerprint density at radius 2 is 1.83 bits per heavy atom. The van der Waals surface area contributed by atoms with E-state index in [4.69, 9.17) is 4.74 Å². The van der Waals surface area contributed by atoms with Gasteiger partial charge in [-0.25, -0.2) is 9.18 Å². The Labute approximate surface area is 136 Å². The van der Waals surface area contributed by atoms with Crippen LogP contribution in [0.2, 0.25) is 0 Å². The van der Waals surface area contributed by atoms with Gasteiger partial charge in [-0.1, -0.05) is 6.07 Å². The van der Waals surface area contributed by atoms with Gasteiger partial charge in [-0.2, -0.15) is 0 Å². The van der Waals surface area contributed by atoms with Gasteiger partial charge in [-0.3, -0.25) is 4.79 Å². The van der Waals surface area contributed by atoms with Crippen molar-refractivity contribution in [3.05, 3.63) is 35.6 Å². The minimum atomic E-state index is -0.694. The highest BCUT2D eigenvalue weighted by Crippen LogP contribution is 2.12. The third kappa shape index (κ3) is 6.67. The first-order valence-electron chi connectivity index (χ1n) is 7.42. The summed E-state index contributed by atoms with van der Waals surface area (Å²) in [6, 6.07) is 5.51. The minimum Gasteiger partial charge on any atom is -0.444 e. The molecule has 0 aliphatic heterocycles. The number of alkyl carbamates (subject to hydrolysis) is 1. The highest BCUT2D eigenvalue weighted by Gasteiger charge is 2.27. The van der Waals surface area contributed by atoms with Crippen molar-refractivity contribution in [2.75, 3.05) is 13.6 Å². The summed E-state index contributed by atoms with van der Waals surface area (Å²) in [6.07, 6.45) is -0.547. The predicted molar refractivity (Wildman–Crippen MR) is 86.8 cm³/mol. The largest absolute Gasteiger partial charge is 0.444 e. The number of halogens is 1. The Balaban J connectivity index is 2.69. The quantitative estimate of drug-likeness (QED) is 0.925. The van der Waals surface area contributed by atoms with Crippen LogP contribution < -0.4 is 5.32 Å². The van der Waals surface area contributed by atoms with Gasteiger partial charge < -0.3 is 15.0 Å². The standard InChI is InChI=1S/C17H25FN2O3/c1-16(2,3)23-15(22)19-17(4,5)11-20(6)14(21)12-8-7-9-13(18)10-12/h7-10H,11H2,1-6H3,(H,19,22). The van der Waals surface area contributed by atoms with Gasteiger partial charge in [0.1, 0.15) is 11.4 Å². The van der Waals surface area contributed by atoms with Crippen LogP contribution in [0.1, 0.15) is 45.0 Å². The number of carbonyl (C=O) groups is 2. The SMILES string of the molecule is CN(CC(C)(C)NC(=O)OC(C)(C)C)C(=O)c1cccc(F)c1. The number of hydrogen-bond donors (Lipinski definition) is 1. The molecule has 1 rings (SSSR count). The summed E-state index contributed by atoms with van der Waals surface area (Å²) in [4.78, 5) is 25.6. The van der Waals surface area contributed by atoms with Crippen molar-refractivity contribution < 1.29 is 18.7 Å². The van der Waals surface area contributed by atoms with Crippen molar-refractivity contribution in [3.63, 3.8) is 0 Å². The molecule has 0 atom stereocenters. The second-order valence-electron chi connectivity index (χ2n) is 7.18. The third-order valence-corrected chi connectivity index (χ3v) is 2.89. The van der Waals surface area contributed by atoms with Gasteiger partial charge in [0, 0.05) is 19.2 Å². The Bertz CT molecular complexity index is 579. The Morgan fingerprint density at radius 1 is 1.22 bits per heavy atom. The first-order valence-corrected chi connectivity index (χ1v) is 7.42. The maximum atomic E-state index is 13.2. The second kappa shape index (κ2) is 6.98. The highest BCUT2D eigenvalue weighted by molar-refractivity contribution is 5.94. The lowest BCUT2D eigenvalue weighted by molar-refractivity contribution is 0.0441. The topological polar surface area (TPSA) is 58.6 Å². The van der Waals surface area contributed by atoms with E-state index >= 15 is 0 Å². The zero-order valence-corrected chi connectivity index (χ0v) is 14.6. The van der Waals surface area contributed by atoms with Gasteiger partial charge in [0.15, 0.2) is 0 Å². The molecule has 2 amide bonds. The molecular formula is C17H25FN2O3. The summed E-state index contributed by atoms with van der Waals surface area (Å²) >= 11 is 0. The van der Waals surface area contributed by atoms with E-state index in [1.807, 2.05) is 0 Å². The van der Waals surface area contributed by atoms with Crippen LogP contribution in [0.4, 0.5) is 9.18 Å². The number of nitrogens with one attached hydrogen (secondary N) is 1. The van der Waals surface area contributed by atoms with Crippen molar-refractivity contribution >= 4 is 12.0 Å². The summed E-state index contributed by atoms with van der Waals surface area (Å²) in [5.41, 5.74) is -1.02. The highest BCUT2D eigenvalue weighted by atomic mass is 19.1. The van der Waals surface area contributed by atoms with E-state index in [1.54, 1.807) is 47.7 Å². The second-order valence-corrected chi connectivity index (χ2v) is 7.18. The molecule has 0 saturated carbocycles. The van der Waals surface area contributed by atoms with E-state index in [-0.39, 0.29) is 18.0 Å². The number of amides is 2. The van der Waals surface area contributed by atoms with Crippen LogP contribution in [0.25, 0.3) is 0 Å². The van der Waals surface area contributed by atoms with Crippen molar-refractivity contribution in [1.82, 2.24) is 10.2 Å². The molecule has 1 aromatic carbocycles. The van der Waals surface area contributed by atoms with Crippen molar-refractivity contribution in [3.8, 4) is 0 Å². The number of nitrogens with zero attached hydrogens (tertiary/aromatic N) is 1. The molecule has 5 nitrogen and oxygen atoms in total. The molecule has 0 radical (unpaired) electrons. The van der Waals surface area contributed by atoms with E-state index < -0.39 is 23.1 Å². The molecule has 0 bridgehead atoms. The Hall–Kier alpha value is -2.11. The van der Waals surface area contributed by atoms with Crippen molar-refractivity contribution in [2.24, 2.45) is 0 Å². The zero-order chi connectivity index (χ0) is 17.8. The van der Waals surface area contributed by atoms with Gasteiger partial charge in [-0.15, -0.1) is 0 Å². The summed E-state index contributed by atoms with van der Waals surface area (Å²) in [6.45, 7) is 9.15. The number of hydrogen-bond acceptors (Lipinski definition) is 3. The van der Waals surface area contributed by atoms with E-state index in [2.05, 4.69) is 5.32 Å². The van der Waals surface area contributed by atoms with Gasteiger partial charge in [0.2, 0.25) is 0 Å². The Kier molecular flexibility index (Phi) is 5.75. The maximum absolute atomic E-state index is 13.2. The molecule has 23 heavy (non-hydrogen) atoms. The fourth-order valence-corrected chi connectivity index (χ4v) is 2.13. The third-order valence-electron chi connectivity index (χ3n) is 2.89. The van der Waals surface area contributed by atoms with Gasteiger partial charge >= 0.3 is 6.09 Å². The molecule has 128 valence electrons. The predicted octanol–water partition coefficient (Wildman–Crippen LogP) is 3.20. The fraction of sp³-hybridized carbons (Fsp3) is 0.529. The fourth-order valence-electron chi connectivity index (χ4n) is 2.13. The molecule has 0 aliphatic rings. The first-order chi connectivity index (χ1) is 10.4. The summed E-state index contributed by atoms with van der Waals surface area (Å²) in [5.74, 6) is -0.779. The van der Waals surface area contributed by atoms with Gasteiger partial charge in [-0.05, 0) is 52.8 Å². The lowest BCUT2D eigenvalue weighted by Gasteiger charge is -2.32. The van der Waals surface area contributed by atoms with Gasteiger partial charge in [0.05, 0.1) is 5.54 Å². The summed E-state index contributed by atoms with van der Waals surface area (Å²) < 4.78 is 18.4.